The number of sulfonamides is 1. The van der Waals surface area contributed by atoms with E-state index in [2.05, 4.69) is 15.0 Å². The molecule has 33 heavy (non-hydrogen) atoms. The minimum Gasteiger partial charge on any atom is -0.491 e. The summed E-state index contributed by atoms with van der Waals surface area (Å²) < 4.78 is 33.3. The van der Waals surface area contributed by atoms with Crippen LogP contribution in [-0.4, -0.2) is 39.0 Å². The van der Waals surface area contributed by atoms with E-state index in [1.807, 2.05) is 12.1 Å². The number of hydrogen-bond donors (Lipinski definition) is 3. The normalized spacial score (nSPS) is 15.8. The Balaban J connectivity index is 1.43. The van der Waals surface area contributed by atoms with Gasteiger partial charge in [0.05, 0.1) is 17.0 Å². The lowest BCUT2D eigenvalue weighted by atomic mass is 9.99. The summed E-state index contributed by atoms with van der Waals surface area (Å²) in [5.74, 6) is 1.14. The van der Waals surface area contributed by atoms with Crippen LogP contribution in [0.15, 0.2) is 59.6 Å². The second-order valence-electron chi connectivity index (χ2n) is 8.29. The van der Waals surface area contributed by atoms with Gasteiger partial charge in [0.2, 0.25) is 10.0 Å². The molecule has 1 aromatic heterocycles. The highest BCUT2D eigenvalue weighted by Crippen LogP contribution is 2.34. The average molecular weight is 465 g/mol. The van der Waals surface area contributed by atoms with Crippen molar-refractivity contribution in [2.45, 2.75) is 17.7 Å². The number of carbonyl (C=O) groups excluding carboxylic acids is 1. The van der Waals surface area contributed by atoms with Crippen LogP contribution in [0.2, 0.25) is 0 Å². The van der Waals surface area contributed by atoms with Crippen LogP contribution >= 0.6 is 0 Å². The highest BCUT2D eigenvalue weighted by Gasteiger charge is 2.24. The first kappa shape index (κ1) is 21.4. The second-order valence-corrected chi connectivity index (χ2v) is 10.1. The number of nitrogens with one attached hydrogen (secondary N) is 2. The van der Waals surface area contributed by atoms with E-state index in [0.717, 1.165) is 29.5 Å². The molecule has 1 aliphatic heterocycles. The van der Waals surface area contributed by atoms with Gasteiger partial charge in [0.15, 0.2) is 0 Å². The molecular formula is C24H24N4O4S. The number of hydrogen-bond acceptors (Lipinski definition) is 6. The minimum absolute atomic E-state index is 0.171. The molecule has 0 bridgehead atoms. The largest absolute Gasteiger partial charge is 0.491 e. The Labute approximate surface area is 192 Å². The van der Waals surface area contributed by atoms with E-state index >= 15 is 0 Å². The van der Waals surface area contributed by atoms with Crippen molar-refractivity contribution in [3.8, 4) is 28.0 Å². The van der Waals surface area contributed by atoms with E-state index in [1.165, 1.54) is 0 Å². The minimum atomic E-state index is -3.52. The van der Waals surface area contributed by atoms with Crippen LogP contribution in [0, 0.1) is 5.92 Å². The van der Waals surface area contributed by atoms with Crippen LogP contribution < -0.4 is 20.5 Å². The summed E-state index contributed by atoms with van der Waals surface area (Å²) >= 11 is 0. The molecule has 2 heterocycles. The summed E-state index contributed by atoms with van der Waals surface area (Å²) in [6.45, 7) is 1.33. The molecule has 8 nitrogen and oxygen atoms in total. The van der Waals surface area contributed by atoms with Gasteiger partial charge in [-0.15, -0.1) is 0 Å². The van der Waals surface area contributed by atoms with E-state index in [0.29, 0.717) is 48.3 Å². The van der Waals surface area contributed by atoms with Gasteiger partial charge in [0.1, 0.15) is 18.2 Å². The van der Waals surface area contributed by atoms with E-state index < -0.39 is 10.0 Å². The van der Waals surface area contributed by atoms with Crippen molar-refractivity contribution >= 4 is 21.7 Å². The Hall–Kier alpha value is -3.43. The standard InChI is InChI=1S/C24H24N4O4S/c25-23-21(17-5-8-20-22(12-17)32-10-9-26-24(20)29)11-18(14-27-23)16-3-6-19(7-4-16)33(30,31)28-13-15-1-2-15/h3-8,11-12,14-15,28H,1-2,9-10,13H2,(H2,25,27)(H,26,29). The van der Waals surface area contributed by atoms with Crippen molar-refractivity contribution in [2.75, 3.05) is 25.4 Å². The zero-order valence-electron chi connectivity index (χ0n) is 17.9. The topological polar surface area (TPSA) is 123 Å². The van der Waals surface area contributed by atoms with Crippen LogP contribution in [0.25, 0.3) is 22.3 Å². The van der Waals surface area contributed by atoms with Crippen molar-refractivity contribution in [1.82, 2.24) is 15.0 Å². The van der Waals surface area contributed by atoms with Crippen LogP contribution in [0.3, 0.4) is 0 Å². The molecule has 0 atom stereocenters. The van der Waals surface area contributed by atoms with Crippen molar-refractivity contribution in [3.63, 3.8) is 0 Å². The Kier molecular flexibility index (Phi) is 5.51. The van der Waals surface area contributed by atoms with Gasteiger partial charge in [-0.2, -0.15) is 0 Å². The SMILES string of the molecule is Nc1ncc(-c2ccc(S(=O)(=O)NCC3CC3)cc2)cc1-c1ccc2c(c1)OCCNC2=O. The summed E-state index contributed by atoms with van der Waals surface area (Å²) in [6, 6.07) is 13.9. The van der Waals surface area contributed by atoms with Crippen LogP contribution in [0.4, 0.5) is 5.82 Å². The van der Waals surface area contributed by atoms with Gasteiger partial charge in [-0.05, 0) is 60.2 Å². The molecule has 1 fully saturated rings. The van der Waals surface area contributed by atoms with Crippen molar-refractivity contribution in [3.05, 3.63) is 60.3 Å². The maximum absolute atomic E-state index is 12.5. The fourth-order valence-electron chi connectivity index (χ4n) is 3.74. The molecule has 1 amide bonds. The number of ether oxygens (including phenoxy) is 1. The molecule has 5 rings (SSSR count). The van der Waals surface area contributed by atoms with Crippen LogP contribution in [0.5, 0.6) is 5.75 Å². The lowest BCUT2D eigenvalue weighted by Gasteiger charge is -2.12. The van der Waals surface area contributed by atoms with Gasteiger partial charge in [0, 0.05) is 23.9 Å². The molecule has 1 aliphatic carbocycles. The van der Waals surface area contributed by atoms with Crippen LogP contribution in [-0.2, 0) is 10.0 Å². The Morgan fingerprint density at radius 2 is 1.79 bits per heavy atom. The molecule has 0 saturated heterocycles. The van der Waals surface area contributed by atoms with Gasteiger partial charge in [-0.1, -0.05) is 18.2 Å². The zero-order chi connectivity index (χ0) is 23.0. The molecule has 0 unspecified atom stereocenters. The fraction of sp³-hybridized carbons (Fsp3) is 0.250. The lowest BCUT2D eigenvalue weighted by molar-refractivity contribution is 0.0957. The third kappa shape index (κ3) is 4.55. The summed E-state index contributed by atoms with van der Waals surface area (Å²) in [6.07, 6.45) is 3.82. The number of anilines is 1. The predicted octanol–water partition coefficient (Wildman–Crippen LogP) is 2.81. The number of nitrogens with two attached hydrogens (primary N) is 1. The third-order valence-corrected chi connectivity index (χ3v) is 7.30. The molecular weight excluding hydrogens is 440 g/mol. The van der Waals surface area contributed by atoms with Crippen LogP contribution in [0.1, 0.15) is 23.2 Å². The Morgan fingerprint density at radius 1 is 1.03 bits per heavy atom. The smallest absolute Gasteiger partial charge is 0.255 e. The van der Waals surface area contributed by atoms with E-state index in [1.54, 1.807) is 42.6 Å². The first-order chi connectivity index (χ1) is 15.9. The molecule has 3 aromatic rings. The fourth-order valence-corrected chi connectivity index (χ4v) is 4.86. The third-order valence-electron chi connectivity index (χ3n) is 5.86. The molecule has 170 valence electrons. The summed E-state index contributed by atoms with van der Waals surface area (Å²) in [5, 5.41) is 2.79. The van der Waals surface area contributed by atoms with Crippen molar-refractivity contribution < 1.29 is 17.9 Å². The number of amides is 1. The highest BCUT2D eigenvalue weighted by atomic mass is 32.2. The second kappa shape index (κ2) is 8.49. The first-order valence-corrected chi connectivity index (χ1v) is 12.3. The van der Waals surface area contributed by atoms with Gasteiger partial charge in [-0.25, -0.2) is 18.1 Å². The summed E-state index contributed by atoms with van der Waals surface area (Å²) in [5.41, 5.74) is 9.72. The van der Waals surface area contributed by atoms with Gasteiger partial charge >= 0.3 is 0 Å². The predicted molar refractivity (Wildman–Crippen MR) is 125 cm³/mol. The van der Waals surface area contributed by atoms with Gasteiger partial charge in [-0.3, -0.25) is 4.79 Å². The molecule has 2 aliphatic rings. The highest BCUT2D eigenvalue weighted by molar-refractivity contribution is 7.89. The van der Waals surface area contributed by atoms with E-state index in [9.17, 15) is 13.2 Å². The number of nitrogen functional groups attached to an aromatic ring is 1. The molecule has 0 spiro atoms. The Morgan fingerprint density at radius 3 is 2.55 bits per heavy atom. The molecule has 9 heteroatoms. The molecule has 1 saturated carbocycles. The number of fused-ring (bicyclic) bond motifs is 1. The number of carbonyl (C=O) groups is 1. The zero-order valence-corrected chi connectivity index (χ0v) is 18.7. The Bertz CT molecular complexity index is 1320. The number of nitrogens with zero attached hydrogens (tertiary/aromatic N) is 1. The van der Waals surface area contributed by atoms with Gasteiger partial charge < -0.3 is 15.8 Å². The molecule has 4 N–H and O–H groups in total. The number of pyridine rings is 1. The molecule has 0 radical (unpaired) electrons. The van der Waals surface area contributed by atoms with Crippen molar-refractivity contribution in [2.24, 2.45) is 5.92 Å². The average Bonchev–Trinajstić information content (AvgIpc) is 3.66. The summed E-state index contributed by atoms with van der Waals surface area (Å²) in [4.78, 5) is 16.7. The summed E-state index contributed by atoms with van der Waals surface area (Å²) in [7, 11) is -3.52. The number of aromatic nitrogens is 1. The number of benzene rings is 2. The van der Waals surface area contributed by atoms with Gasteiger partial charge in [0.25, 0.3) is 5.91 Å². The maximum atomic E-state index is 12.5. The number of rotatable bonds is 6. The lowest BCUT2D eigenvalue weighted by Crippen LogP contribution is -2.25. The van der Waals surface area contributed by atoms with E-state index in [-0.39, 0.29) is 10.8 Å². The van der Waals surface area contributed by atoms with Crippen molar-refractivity contribution in [1.29, 1.82) is 0 Å². The first-order valence-electron chi connectivity index (χ1n) is 10.8. The monoisotopic (exact) mass is 464 g/mol. The van der Waals surface area contributed by atoms with E-state index in [4.69, 9.17) is 10.5 Å². The maximum Gasteiger partial charge on any atom is 0.255 e. The molecule has 2 aromatic carbocycles. The quantitative estimate of drug-likeness (QED) is 0.515.